The number of rotatable bonds is 6. The standard InChI is InChI=1S/C19H19NO/c1-2-3-4-5-16-6-8-18(9-7-16)15-21-19-12-10-17(14-20)11-13-19/h4-13H,2-3,15H2,1H3. The summed E-state index contributed by atoms with van der Waals surface area (Å²) in [5, 5.41) is 8.74. The van der Waals surface area contributed by atoms with Gasteiger partial charge in [-0.3, -0.25) is 0 Å². The van der Waals surface area contributed by atoms with Crippen LogP contribution in [0.5, 0.6) is 5.75 Å². The molecule has 0 heterocycles. The molecule has 0 radical (unpaired) electrons. The van der Waals surface area contributed by atoms with Crippen LogP contribution in [-0.2, 0) is 6.61 Å². The summed E-state index contributed by atoms with van der Waals surface area (Å²) in [4.78, 5) is 0. The van der Waals surface area contributed by atoms with Gasteiger partial charge in [0.2, 0.25) is 0 Å². The van der Waals surface area contributed by atoms with Gasteiger partial charge in [0, 0.05) is 0 Å². The van der Waals surface area contributed by atoms with Crippen LogP contribution in [0.1, 0.15) is 36.5 Å². The molecule has 0 aromatic heterocycles. The Kier molecular flexibility index (Phi) is 5.60. The van der Waals surface area contributed by atoms with Gasteiger partial charge in [0.05, 0.1) is 11.6 Å². The average molecular weight is 277 g/mol. The zero-order valence-corrected chi connectivity index (χ0v) is 12.3. The van der Waals surface area contributed by atoms with Crippen LogP contribution in [0, 0.1) is 11.3 Å². The second-order valence-electron chi connectivity index (χ2n) is 4.86. The molecule has 2 rings (SSSR count). The van der Waals surface area contributed by atoms with Gasteiger partial charge in [-0.25, -0.2) is 0 Å². The van der Waals surface area contributed by atoms with Gasteiger partial charge in [0.15, 0.2) is 0 Å². The Balaban J connectivity index is 1.89. The summed E-state index contributed by atoms with van der Waals surface area (Å²) in [6, 6.07) is 17.6. The average Bonchev–Trinajstić information content (AvgIpc) is 2.55. The molecule has 0 saturated carbocycles. The lowest BCUT2D eigenvalue weighted by Crippen LogP contribution is -1.95. The summed E-state index contributed by atoms with van der Waals surface area (Å²) < 4.78 is 5.70. The molecule has 0 fully saturated rings. The van der Waals surface area contributed by atoms with Crippen LogP contribution in [-0.4, -0.2) is 0 Å². The third-order valence-corrected chi connectivity index (χ3v) is 3.13. The highest BCUT2D eigenvalue weighted by Crippen LogP contribution is 2.14. The topological polar surface area (TPSA) is 33.0 Å². The van der Waals surface area contributed by atoms with Crippen molar-refractivity contribution in [1.29, 1.82) is 5.26 Å². The van der Waals surface area contributed by atoms with Gasteiger partial charge in [-0.15, -0.1) is 0 Å². The SMILES string of the molecule is CCCC=Cc1ccc(COc2ccc(C#N)cc2)cc1. The molecule has 0 aliphatic heterocycles. The van der Waals surface area contributed by atoms with E-state index in [-0.39, 0.29) is 0 Å². The lowest BCUT2D eigenvalue weighted by molar-refractivity contribution is 0.306. The predicted molar refractivity (Wildman–Crippen MR) is 85.9 cm³/mol. The van der Waals surface area contributed by atoms with Gasteiger partial charge >= 0.3 is 0 Å². The van der Waals surface area contributed by atoms with E-state index in [4.69, 9.17) is 10.00 Å². The van der Waals surface area contributed by atoms with Crippen LogP contribution in [0.4, 0.5) is 0 Å². The second-order valence-corrected chi connectivity index (χ2v) is 4.86. The zero-order valence-electron chi connectivity index (χ0n) is 12.3. The quantitative estimate of drug-likeness (QED) is 0.748. The Morgan fingerprint density at radius 2 is 1.76 bits per heavy atom. The van der Waals surface area contributed by atoms with Crippen molar-refractivity contribution in [1.82, 2.24) is 0 Å². The summed E-state index contributed by atoms with van der Waals surface area (Å²) in [6.45, 7) is 2.71. The maximum atomic E-state index is 8.74. The molecule has 0 N–H and O–H groups in total. The van der Waals surface area contributed by atoms with E-state index in [0.717, 1.165) is 17.7 Å². The molecular formula is C19H19NO. The fourth-order valence-electron chi connectivity index (χ4n) is 1.90. The first-order valence-corrected chi connectivity index (χ1v) is 7.20. The Morgan fingerprint density at radius 1 is 1.05 bits per heavy atom. The summed E-state index contributed by atoms with van der Waals surface area (Å²) in [5.41, 5.74) is 2.99. The van der Waals surface area contributed by atoms with Crippen molar-refractivity contribution in [2.45, 2.75) is 26.4 Å². The van der Waals surface area contributed by atoms with E-state index in [2.05, 4.69) is 49.4 Å². The Bertz CT molecular complexity index is 618. The third-order valence-electron chi connectivity index (χ3n) is 3.13. The van der Waals surface area contributed by atoms with Gasteiger partial charge in [-0.2, -0.15) is 5.26 Å². The lowest BCUT2D eigenvalue weighted by atomic mass is 10.1. The van der Waals surface area contributed by atoms with Gasteiger partial charge in [0.25, 0.3) is 0 Å². The molecule has 0 bridgehead atoms. The van der Waals surface area contributed by atoms with Gasteiger partial charge in [-0.05, 0) is 41.8 Å². The highest BCUT2D eigenvalue weighted by Gasteiger charge is 1.97. The molecular weight excluding hydrogens is 258 g/mol. The minimum absolute atomic E-state index is 0.533. The molecule has 2 nitrogen and oxygen atoms in total. The number of hydrogen-bond acceptors (Lipinski definition) is 2. The zero-order chi connectivity index (χ0) is 14.9. The first kappa shape index (κ1) is 14.9. The smallest absolute Gasteiger partial charge is 0.119 e. The van der Waals surface area contributed by atoms with E-state index < -0.39 is 0 Å². The molecule has 0 spiro atoms. The summed E-state index contributed by atoms with van der Waals surface area (Å²) in [5.74, 6) is 0.779. The predicted octanol–water partition coefficient (Wildman–Crippen LogP) is 4.95. The second kappa shape index (κ2) is 7.91. The van der Waals surface area contributed by atoms with Crippen molar-refractivity contribution in [2.24, 2.45) is 0 Å². The summed E-state index contributed by atoms with van der Waals surface area (Å²) in [7, 11) is 0. The molecule has 21 heavy (non-hydrogen) atoms. The summed E-state index contributed by atoms with van der Waals surface area (Å²) >= 11 is 0. The van der Waals surface area contributed by atoms with E-state index in [9.17, 15) is 0 Å². The molecule has 0 saturated heterocycles. The number of hydrogen-bond donors (Lipinski definition) is 0. The van der Waals surface area contributed by atoms with E-state index in [1.165, 1.54) is 12.0 Å². The first-order chi connectivity index (χ1) is 10.3. The fraction of sp³-hybridized carbons (Fsp3) is 0.211. The van der Waals surface area contributed by atoms with Crippen LogP contribution in [0.2, 0.25) is 0 Å². The van der Waals surface area contributed by atoms with E-state index in [1.807, 2.05) is 12.1 Å². The van der Waals surface area contributed by atoms with Crippen LogP contribution < -0.4 is 4.74 Å². The van der Waals surface area contributed by atoms with Gasteiger partial charge in [0.1, 0.15) is 12.4 Å². The van der Waals surface area contributed by atoms with Crippen molar-refractivity contribution < 1.29 is 4.74 Å². The van der Waals surface area contributed by atoms with Crippen LogP contribution >= 0.6 is 0 Å². The van der Waals surface area contributed by atoms with Crippen LogP contribution in [0.3, 0.4) is 0 Å². The number of allylic oxidation sites excluding steroid dienone is 1. The molecule has 2 aromatic rings. The van der Waals surface area contributed by atoms with Crippen molar-refractivity contribution in [3.05, 3.63) is 71.3 Å². The molecule has 0 amide bonds. The highest BCUT2D eigenvalue weighted by molar-refractivity contribution is 5.49. The van der Waals surface area contributed by atoms with Crippen molar-refractivity contribution >= 4 is 6.08 Å². The maximum absolute atomic E-state index is 8.74. The van der Waals surface area contributed by atoms with E-state index in [0.29, 0.717) is 12.2 Å². The molecule has 0 atom stereocenters. The first-order valence-electron chi connectivity index (χ1n) is 7.20. The van der Waals surface area contributed by atoms with Crippen LogP contribution in [0.15, 0.2) is 54.6 Å². The number of ether oxygens (including phenoxy) is 1. The Hall–Kier alpha value is -2.53. The number of nitrogens with zero attached hydrogens (tertiary/aromatic N) is 1. The lowest BCUT2D eigenvalue weighted by Gasteiger charge is -2.06. The molecule has 106 valence electrons. The Labute approximate surface area is 126 Å². The normalized spacial score (nSPS) is 10.5. The van der Waals surface area contributed by atoms with Gasteiger partial charge < -0.3 is 4.74 Å². The molecule has 0 aliphatic rings. The molecule has 0 aliphatic carbocycles. The number of unbranched alkanes of at least 4 members (excludes halogenated alkanes) is 1. The largest absolute Gasteiger partial charge is 0.489 e. The molecule has 0 unspecified atom stereocenters. The fourth-order valence-corrected chi connectivity index (χ4v) is 1.90. The summed E-state index contributed by atoms with van der Waals surface area (Å²) in [6.07, 6.45) is 6.63. The highest BCUT2D eigenvalue weighted by atomic mass is 16.5. The van der Waals surface area contributed by atoms with Crippen LogP contribution in [0.25, 0.3) is 6.08 Å². The maximum Gasteiger partial charge on any atom is 0.119 e. The minimum Gasteiger partial charge on any atom is -0.489 e. The van der Waals surface area contributed by atoms with Crippen molar-refractivity contribution in [3.8, 4) is 11.8 Å². The number of nitriles is 1. The van der Waals surface area contributed by atoms with Crippen molar-refractivity contribution in [3.63, 3.8) is 0 Å². The molecule has 2 heteroatoms. The van der Waals surface area contributed by atoms with Gasteiger partial charge in [-0.1, -0.05) is 49.8 Å². The monoisotopic (exact) mass is 277 g/mol. The molecule has 2 aromatic carbocycles. The van der Waals surface area contributed by atoms with Crippen molar-refractivity contribution in [2.75, 3.05) is 0 Å². The number of benzene rings is 2. The van der Waals surface area contributed by atoms with E-state index in [1.54, 1.807) is 12.1 Å². The third kappa shape index (κ3) is 4.81. The minimum atomic E-state index is 0.533. The Morgan fingerprint density at radius 3 is 2.38 bits per heavy atom. The van der Waals surface area contributed by atoms with E-state index >= 15 is 0 Å².